The third kappa shape index (κ3) is 7.79. The fourth-order valence-electron chi connectivity index (χ4n) is 6.14. The zero-order valence-electron chi connectivity index (χ0n) is 22.0. The van der Waals surface area contributed by atoms with E-state index in [2.05, 4.69) is 57.7 Å². The summed E-state index contributed by atoms with van der Waals surface area (Å²) < 4.78 is 0. The molecular formula is C30H42N4O3. The van der Waals surface area contributed by atoms with E-state index in [0.717, 1.165) is 63.8 Å². The van der Waals surface area contributed by atoms with Gasteiger partial charge in [-0.1, -0.05) is 67.6 Å². The number of amides is 2. The largest absolute Gasteiger partial charge is 0.480 e. The molecule has 2 fully saturated rings. The summed E-state index contributed by atoms with van der Waals surface area (Å²) in [5.41, 5.74) is 2.47. The molecule has 7 nitrogen and oxygen atoms in total. The van der Waals surface area contributed by atoms with Crippen LogP contribution in [0.2, 0.25) is 0 Å². The van der Waals surface area contributed by atoms with Crippen molar-refractivity contribution < 1.29 is 14.7 Å². The third-order valence-electron chi connectivity index (χ3n) is 7.97. The van der Waals surface area contributed by atoms with Crippen molar-refractivity contribution in [2.75, 3.05) is 32.7 Å². The molecule has 0 spiro atoms. The first-order chi connectivity index (χ1) is 18.0. The SMILES string of the molecule is CCCN(C(=O)NCc1ccccc1)C1CCN(CC2CC(NCC(=O)O)CC2c2ccccc2)CC1. The standard InChI is InChI=1S/C30H42N4O3/c1-2-15-34(30(37)32-20-23-9-5-3-6-10-23)27-13-16-33(17-14-27)22-25-18-26(31-21-29(35)36)19-28(25)24-11-7-4-8-12-24/h3-12,25-28,31H,2,13-22H2,1H3,(H,32,37)(H,35,36). The van der Waals surface area contributed by atoms with Gasteiger partial charge in [0.15, 0.2) is 0 Å². The predicted octanol–water partition coefficient (Wildman–Crippen LogP) is 4.31. The number of carboxylic acids is 1. The second kappa shape index (κ2) is 13.6. The third-order valence-corrected chi connectivity index (χ3v) is 7.97. The van der Waals surface area contributed by atoms with E-state index < -0.39 is 5.97 Å². The number of aliphatic carboxylic acids is 1. The number of rotatable bonds is 11. The summed E-state index contributed by atoms with van der Waals surface area (Å²) in [7, 11) is 0. The summed E-state index contributed by atoms with van der Waals surface area (Å²) in [6.07, 6.45) is 4.90. The Hall–Kier alpha value is -2.90. The van der Waals surface area contributed by atoms with Crippen LogP contribution in [0.25, 0.3) is 0 Å². The van der Waals surface area contributed by atoms with E-state index in [-0.39, 0.29) is 24.7 Å². The first-order valence-electron chi connectivity index (χ1n) is 13.8. The second-order valence-corrected chi connectivity index (χ2v) is 10.6. The van der Waals surface area contributed by atoms with Gasteiger partial charge in [-0.3, -0.25) is 4.79 Å². The molecule has 2 aromatic rings. The molecule has 4 rings (SSSR count). The fraction of sp³-hybridized carbons (Fsp3) is 0.533. The molecular weight excluding hydrogens is 464 g/mol. The summed E-state index contributed by atoms with van der Waals surface area (Å²) in [6, 6.07) is 21.3. The van der Waals surface area contributed by atoms with Crippen molar-refractivity contribution in [2.24, 2.45) is 5.92 Å². The number of carbonyl (C=O) groups excluding carboxylic acids is 1. The van der Waals surface area contributed by atoms with E-state index >= 15 is 0 Å². The number of nitrogens with zero attached hydrogens (tertiary/aromatic N) is 2. The first-order valence-corrected chi connectivity index (χ1v) is 13.8. The molecule has 3 unspecified atom stereocenters. The van der Waals surface area contributed by atoms with Crippen LogP contribution in [0.3, 0.4) is 0 Å². The highest BCUT2D eigenvalue weighted by molar-refractivity contribution is 5.74. The van der Waals surface area contributed by atoms with Crippen molar-refractivity contribution in [2.45, 2.75) is 63.6 Å². The van der Waals surface area contributed by atoms with Gasteiger partial charge in [-0.25, -0.2) is 4.79 Å². The van der Waals surface area contributed by atoms with Crippen molar-refractivity contribution in [1.82, 2.24) is 20.4 Å². The first kappa shape index (κ1) is 27.1. The molecule has 7 heteroatoms. The van der Waals surface area contributed by atoms with Crippen molar-refractivity contribution in [3.05, 3.63) is 71.8 Å². The van der Waals surface area contributed by atoms with Crippen LogP contribution in [-0.4, -0.2) is 71.7 Å². The van der Waals surface area contributed by atoms with Crippen molar-refractivity contribution in [3.63, 3.8) is 0 Å². The molecule has 2 amide bonds. The van der Waals surface area contributed by atoms with Crippen LogP contribution in [0, 0.1) is 5.92 Å². The smallest absolute Gasteiger partial charge is 0.317 e. The molecule has 2 aromatic carbocycles. The van der Waals surface area contributed by atoms with Crippen molar-refractivity contribution in [3.8, 4) is 0 Å². The molecule has 3 atom stereocenters. The summed E-state index contributed by atoms with van der Waals surface area (Å²) in [5, 5.41) is 15.5. The Labute approximate surface area is 221 Å². The van der Waals surface area contributed by atoms with E-state index in [1.807, 2.05) is 30.3 Å². The summed E-state index contributed by atoms with van der Waals surface area (Å²) >= 11 is 0. The fourth-order valence-corrected chi connectivity index (χ4v) is 6.14. The lowest BCUT2D eigenvalue weighted by Gasteiger charge is -2.39. The zero-order valence-corrected chi connectivity index (χ0v) is 22.0. The van der Waals surface area contributed by atoms with Crippen LogP contribution in [-0.2, 0) is 11.3 Å². The monoisotopic (exact) mass is 506 g/mol. The maximum Gasteiger partial charge on any atom is 0.317 e. The number of hydrogen-bond donors (Lipinski definition) is 3. The number of benzene rings is 2. The molecule has 37 heavy (non-hydrogen) atoms. The van der Waals surface area contributed by atoms with Crippen LogP contribution < -0.4 is 10.6 Å². The number of nitrogens with one attached hydrogen (secondary N) is 2. The van der Waals surface area contributed by atoms with E-state index in [1.165, 1.54) is 5.56 Å². The maximum atomic E-state index is 13.1. The van der Waals surface area contributed by atoms with Gasteiger partial charge in [0, 0.05) is 44.8 Å². The van der Waals surface area contributed by atoms with Gasteiger partial charge in [0.1, 0.15) is 0 Å². The van der Waals surface area contributed by atoms with Crippen LogP contribution in [0.15, 0.2) is 60.7 Å². The molecule has 1 heterocycles. The predicted molar refractivity (Wildman–Crippen MR) is 146 cm³/mol. The molecule has 1 aliphatic heterocycles. The van der Waals surface area contributed by atoms with Gasteiger partial charge < -0.3 is 25.5 Å². The van der Waals surface area contributed by atoms with Gasteiger partial charge in [0.05, 0.1) is 6.54 Å². The number of carbonyl (C=O) groups is 2. The Balaban J connectivity index is 1.31. The molecule has 0 aromatic heterocycles. The van der Waals surface area contributed by atoms with Gasteiger partial charge in [-0.05, 0) is 55.1 Å². The Kier molecular flexibility index (Phi) is 9.97. The van der Waals surface area contributed by atoms with Crippen LogP contribution in [0.5, 0.6) is 0 Å². The highest BCUT2D eigenvalue weighted by Gasteiger charge is 2.37. The average molecular weight is 507 g/mol. The van der Waals surface area contributed by atoms with Crippen molar-refractivity contribution >= 4 is 12.0 Å². The normalized spacial score (nSPS) is 22.6. The quantitative estimate of drug-likeness (QED) is 0.423. The Bertz CT molecular complexity index is 979. The molecule has 1 saturated carbocycles. The second-order valence-electron chi connectivity index (χ2n) is 10.6. The van der Waals surface area contributed by atoms with Crippen LogP contribution in [0.4, 0.5) is 4.79 Å². The summed E-state index contributed by atoms with van der Waals surface area (Å²) in [6.45, 7) is 6.48. The Morgan fingerprint density at radius 2 is 1.68 bits per heavy atom. The number of hydrogen-bond acceptors (Lipinski definition) is 4. The molecule has 1 saturated heterocycles. The topological polar surface area (TPSA) is 84.9 Å². The Morgan fingerprint density at radius 3 is 2.32 bits per heavy atom. The van der Waals surface area contributed by atoms with E-state index in [0.29, 0.717) is 18.4 Å². The van der Waals surface area contributed by atoms with E-state index in [9.17, 15) is 9.59 Å². The number of carboxylic acid groups (broad SMARTS) is 1. The Morgan fingerprint density at radius 1 is 1.00 bits per heavy atom. The molecule has 0 bridgehead atoms. The highest BCUT2D eigenvalue weighted by atomic mass is 16.4. The average Bonchev–Trinajstić information content (AvgIpc) is 3.33. The van der Waals surface area contributed by atoms with E-state index in [4.69, 9.17) is 5.11 Å². The molecule has 2 aliphatic rings. The van der Waals surface area contributed by atoms with E-state index in [1.54, 1.807) is 0 Å². The molecule has 0 radical (unpaired) electrons. The highest BCUT2D eigenvalue weighted by Crippen LogP contribution is 2.40. The number of urea groups is 1. The minimum absolute atomic E-state index is 0.0177. The lowest BCUT2D eigenvalue weighted by Crippen LogP contribution is -2.51. The van der Waals surface area contributed by atoms with Gasteiger partial charge in [0.2, 0.25) is 0 Å². The van der Waals surface area contributed by atoms with Gasteiger partial charge in [-0.15, -0.1) is 0 Å². The van der Waals surface area contributed by atoms with Crippen LogP contribution >= 0.6 is 0 Å². The van der Waals surface area contributed by atoms with Crippen LogP contribution in [0.1, 0.15) is 56.1 Å². The minimum Gasteiger partial charge on any atom is -0.480 e. The van der Waals surface area contributed by atoms with Gasteiger partial charge in [0.25, 0.3) is 0 Å². The lowest BCUT2D eigenvalue weighted by molar-refractivity contribution is -0.136. The van der Waals surface area contributed by atoms with Gasteiger partial charge >= 0.3 is 12.0 Å². The molecule has 200 valence electrons. The zero-order chi connectivity index (χ0) is 26.0. The maximum absolute atomic E-state index is 13.1. The minimum atomic E-state index is -0.800. The molecule has 1 aliphatic carbocycles. The van der Waals surface area contributed by atoms with Gasteiger partial charge in [-0.2, -0.15) is 0 Å². The van der Waals surface area contributed by atoms with Crippen molar-refractivity contribution in [1.29, 1.82) is 0 Å². The number of piperidine rings is 1. The number of likely N-dealkylation sites (tertiary alicyclic amines) is 1. The summed E-state index contributed by atoms with van der Waals surface area (Å²) in [4.78, 5) is 28.8. The molecule has 3 N–H and O–H groups in total. The lowest BCUT2D eigenvalue weighted by atomic mass is 9.88. The summed E-state index contributed by atoms with van der Waals surface area (Å²) in [5.74, 6) is 0.128.